The number of thiophene rings is 1. The van der Waals surface area contributed by atoms with Crippen LogP contribution in [0, 0.1) is 5.82 Å². The zero-order valence-corrected chi connectivity index (χ0v) is 20.2. The van der Waals surface area contributed by atoms with E-state index in [1.807, 2.05) is 23.6 Å². The monoisotopic (exact) mass is 491 g/mol. The summed E-state index contributed by atoms with van der Waals surface area (Å²) in [5.74, 6) is -1.43. The summed E-state index contributed by atoms with van der Waals surface area (Å²) in [5.41, 5.74) is 2.74. The molecule has 3 aromatic rings. The van der Waals surface area contributed by atoms with E-state index in [1.54, 1.807) is 18.3 Å². The fourth-order valence-electron chi connectivity index (χ4n) is 4.88. The maximum atomic E-state index is 13.4. The zero-order valence-electron chi connectivity index (χ0n) is 19.3. The highest BCUT2D eigenvalue weighted by Gasteiger charge is 2.49. The predicted octanol–water partition coefficient (Wildman–Crippen LogP) is 4.44. The molecular formula is C27H26FN3O3S. The molecule has 2 atom stereocenters. The van der Waals surface area contributed by atoms with Gasteiger partial charge in [0.2, 0.25) is 5.91 Å². The normalized spacial score (nSPS) is 20.3. The Kier molecular flexibility index (Phi) is 6.15. The zero-order chi connectivity index (χ0) is 24.6. The molecule has 35 heavy (non-hydrogen) atoms. The number of benzene rings is 2. The van der Waals surface area contributed by atoms with Gasteiger partial charge in [-0.3, -0.25) is 14.5 Å². The van der Waals surface area contributed by atoms with E-state index >= 15 is 0 Å². The number of rotatable bonds is 6. The minimum absolute atomic E-state index is 0.376. The second-order valence-electron chi connectivity index (χ2n) is 9.20. The van der Waals surface area contributed by atoms with Gasteiger partial charge in [0.1, 0.15) is 17.9 Å². The molecule has 2 heterocycles. The van der Waals surface area contributed by atoms with Gasteiger partial charge >= 0.3 is 6.03 Å². The molecule has 1 aliphatic heterocycles. The lowest BCUT2D eigenvalue weighted by Gasteiger charge is -2.24. The average molecular weight is 492 g/mol. The molecule has 0 saturated carbocycles. The van der Waals surface area contributed by atoms with Crippen LogP contribution < -0.4 is 10.6 Å². The smallest absolute Gasteiger partial charge is 0.325 e. The fourth-order valence-corrected chi connectivity index (χ4v) is 5.68. The Morgan fingerprint density at radius 2 is 1.86 bits per heavy atom. The lowest BCUT2D eigenvalue weighted by Crippen LogP contribution is -2.44. The van der Waals surface area contributed by atoms with E-state index < -0.39 is 35.7 Å². The molecule has 0 bridgehead atoms. The molecule has 180 valence electrons. The summed E-state index contributed by atoms with van der Waals surface area (Å²) in [4.78, 5) is 40.8. The van der Waals surface area contributed by atoms with E-state index in [1.165, 1.54) is 41.8 Å². The van der Waals surface area contributed by atoms with E-state index in [9.17, 15) is 18.8 Å². The van der Waals surface area contributed by atoms with Gasteiger partial charge in [0.05, 0.1) is 6.04 Å². The van der Waals surface area contributed by atoms with E-state index in [-0.39, 0.29) is 6.04 Å². The number of hydrogen-bond acceptors (Lipinski definition) is 4. The molecule has 6 nitrogen and oxygen atoms in total. The van der Waals surface area contributed by atoms with Crippen LogP contribution in [-0.4, -0.2) is 29.3 Å². The molecule has 0 spiro atoms. The third kappa shape index (κ3) is 4.46. The molecule has 2 aromatic carbocycles. The molecule has 1 fully saturated rings. The molecule has 0 radical (unpaired) electrons. The molecule has 5 rings (SSSR count). The Hall–Kier alpha value is -3.52. The fraction of sp³-hybridized carbons (Fsp3) is 0.296. The van der Waals surface area contributed by atoms with E-state index in [4.69, 9.17) is 0 Å². The number of carbonyl (C=O) groups is 3. The van der Waals surface area contributed by atoms with Crippen molar-refractivity contribution in [3.05, 3.63) is 92.9 Å². The summed E-state index contributed by atoms with van der Waals surface area (Å²) in [7, 11) is 0. The van der Waals surface area contributed by atoms with Crippen molar-refractivity contribution in [1.82, 2.24) is 15.5 Å². The van der Waals surface area contributed by atoms with Gasteiger partial charge in [-0.15, -0.1) is 11.3 Å². The Balaban J connectivity index is 1.35. The van der Waals surface area contributed by atoms with Gasteiger partial charge in [0.15, 0.2) is 0 Å². The van der Waals surface area contributed by atoms with Crippen LogP contribution in [0.3, 0.4) is 0 Å². The molecule has 2 N–H and O–H groups in total. The maximum Gasteiger partial charge on any atom is 0.325 e. The topological polar surface area (TPSA) is 78.5 Å². The van der Waals surface area contributed by atoms with Crippen LogP contribution in [0.1, 0.15) is 52.9 Å². The van der Waals surface area contributed by atoms with Gasteiger partial charge in [0.25, 0.3) is 5.91 Å². The highest BCUT2D eigenvalue weighted by Crippen LogP contribution is 2.31. The van der Waals surface area contributed by atoms with Crippen molar-refractivity contribution >= 4 is 29.2 Å². The van der Waals surface area contributed by atoms with Crippen LogP contribution in [0.2, 0.25) is 0 Å². The maximum absolute atomic E-state index is 13.4. The number of nitrogens with zero attached hydrogens (tertiary/aromatic N) is 1. The van der Waals surface area contributed by atoms with Crippen LogP contribution in [0.5, 0.6) is 0 Å². The Morgan fingerprint density at radius 1 is 1.11 bits per heavy atom. The first-order chi connectivity index (χ1) is 16.8. The molecule has 1 saturated heterocycles. The third-order valence-electron chi connectivity index (χ3n) is 6.84. The van der Waals surface area contributed by atoms with E-state index in [0.29, 0.717) is 5.56 Å². The van der Waals surface area contributed by atoms with Gasteiger partial charge in [-0.05, 0) is 78.4 Å². The number of imide groups is 1. The SMILES string of the molecule is CC1(c2ccc(F)cc2)NC(=O)N(CC(=O)NC(c2ccc3c(c2)CCCC3)c2cccs2)C1=O. The second-order valence-corrected chi connectivity index (χ2v) is 10.2. The van der Waals surface area contributed by atoms with Crippen molar-refractivity contribution in [2.75, 3.05) is 6.54 Å². The van der Waals surface area contributed by atoms with Crippen molar-refractivity contribution in [3.63, 3.8) is 0 Å². The quantitative estimate of drug-likeness (QED) is 0.501. The minimum atomic E-state index is -1.36. The number of urea groups is 1. The van der Waals surface area contributed by atoms with Crippen molar-refractivity contribution < 1.29 is 18.8 Å². The number of nitrogens with one attached hydrogen (secondary N) is 2. The van der Waals surface area contributed by atoms with Crippen molar-refractivity contribution in [1.29, 1.82) is 0 Å². The number of hydrogen-bond donors (Lipinski definition) is 2. The minimum Gasteiger partial charge on any atom is -0.343 e. The van der Waals surface area contributed by atoms with Crippen molar-refractivity contribution in [3.8, 4) is 0 Å². The summed E-state index contributed by atoms with van der Waals surface area (Å²) < 4.78 is 13.4. The number of fused-ring (bicyclic) bond motifs is 1. The average Bonchev–Trinajstić information content (AvgIpc) is 3.46. The van der Waals surface area contributed by atoms with E-state index in [0.717, 1.165) is 34.6 Å². The largest absolute Gasteiger partial charge is 0.343 e. The predicted molar refractivity (Wildman–Crippen MR) is 131 cm³/mol. The molecule has 2 unspecified atom stereocenters. The Morgan fingerprint density at radius 3 is 2.57 bits per heavy atom. The molecule has 8 heteroatoms. The molecule has 4 amide bonds. The summed E-state index contributed by atoms with van der Waals surface area (Å²) >= 11 is 1.54. The summed E-state index contributed by atoms with van der Waals surface area (Å²) in [6.07, 6.45) is 4.45. The van der Waals surface area contributed by atoms with Crippen LogP contribution in [0.25, 0.3) is 0 Å². The number of carbonyl (C=O) groups excluding carboxylic acids is 3. The molecule has 2 aliphatic rings. The summed E-state index contributed by atoms with van der Waals surface area (Å²) in [5, 5.41) is 7.64. The second kappa shape index (κ2) is 9.26. The standard InChI is InChI=1S/C27H26FN3O3S/c1-27(20-10-12-21(28)13-11-20)25(33)31(26(34)30-27)16-23(32)29-24(22-7-4-14-35-22)19-9-8-17-5-2-3-6-18(17)15-19/h4,7-15,24H,2-3,5-6,16H2,1H3,(H,29,32)(H,30,34). The number of halogens is 1. The van der Waals surface area contributed by atoms with Gasteiger partial charge < -0.3 is 10.6 Å². The Labute approximate surface area is 207 Å². The highest BCUT2D eigenvalue weighted by atomic mass is 32.1. The van der Waals surface area contributed by atoms with Crippen LogP contribution >= 0.6 is 11.3 Å². The van der Waals surface area contributed by atoms with Crippen molar-refractivity contribution in [2.45, 2.75) is 44.2 Å². The molecule has 1 aromatic heterocycles. The van der Waals surface area contributed by atoms with Gasteiger partial charge in [-0.2, -0.15) is 0 Å². The van der Waals surface area contributed by atoms with Crippen LogP contribution in [0.15, 0.2) is 60.0 Å². The first-order valence-corrected chi connectivity index (χ1v) is 12.6. The van der Waals surface area contributed by atoms with Crippen LogP contribution in [-0.2, 0) is 28.0 Å². The summed E-state index contributed by atoms with van der Waals surface area (Å²) in [6.45, 7) is 1.15. The molecule has 1 aliphatic carbocycles. The lowest BCUT2D eigenvalue weighted by atomic mass is 9.89. The Bertz CT molecular complexity index is 1280. The van der Waals surface area contributed by atoms with Crippen molar-refractivity contribution in [2.24, 2.45) is 0 Å². The lowest BCUT2D eigenvalue weighted by molar-refractivity contribution is -0.135. The summed E-state index contributed by atoms with van der Waals surface area (Å²) in [6, 6.07) is 14.6. The van der Waals surface area contributed by atoms with Gasteiger partial charge in [-0.25, -0.2) is 9.18 Å². The molecular weight excluding hydrogens is 465 g/mol. The van der Waals surface area contributed by atoms with Gasteiger partial charge in [0, 0.05) is 4.88 Å². The number of amides is 4. The third-order valence-corrected chi connectivity index (χ3v) is 7.77. The van der Waals surface area contributed by atoms with Gasteiger partial charge in [-0.1, -0.05) is 36.4 Å². The number of aryl methyl sites for hydroxylation is 2. The highest BCUT2D eigenvalue weighted by molar-refractivity contribution is 7.10. The van der Waals surface area contributed by atoms with Crippen LogP contribution in [0.4, 0.5) is 9.18 Å². The first kappa shape index (κ1) is 23.2. The van der Waals surface area contributed by atoms with E-state index in [2.05, 4.69) is 22.8 Å². The first-order valence-electron chi connectivity index (χ1n) is 11.7.